The van der Waals surface area contributed by atoms with E-state index in [1.807, 2.05) is 4.68 Å². The molecular formula is C17H32IN7O. The first-order valence-electron chi connectivity index (χ1n) is 9.30. The summed E-state index contributed by atoms with van der Waals surface area (Å²) in [7, 11) is 4.29. The van der Waals surface area contributed by atoms with Gasteiger partial charge in [0.05, 0.1) is 13.1 Å². The highest BCUT2D eigenvalue weighted by atomic mass is 127. The van der Waals surface area contributed by atoms with Gasteiger partial charge >= 0.3 is 0 Å². The molecule has 3 rings (SSSR count). The fraction of sp³-hybridized carbons (Fsp3) is 0.824. The first kappa shape index (κ1) is 21.4. The largest absolute Gasteiger partial charge is 0.381 e. The van der Waals surface area contributed by atoms with Gasteiger partial charge in [0.1, 0.15) is 12.2 Å². The minimum absolute atomic E-state index is 0. The summed E-state index contributed by atoms with van der Waals surface area (Å²) in [5.41, 5.74) is 0.0895. The van der Waals surface area contributed by atoms with Crippen molar-refractivity contribution in [3.8, 4) is 0 Å². The standard InChI is InChI=1S/C17H31N7O.HI/c1-4-18-16(19-12-17(23(2)3)7-9-25-10-8-17)22-14-5-6-15-20-13-21-24(15)11-14;/h13-14H,4-12H2,1-3H3,(H2,18,19,22);1H. The van der Waals surface area contributed by atoms with E-state index in [4.69, 9.17) is 9.73 Å². The van der Waals surface area contributed by atoms with Crippen LogP contribution >= 0.6 is 24.0 Å². The number of hydrogen-bond donors (Lipinski definition) is 2. The summed E-state index contributed by atoms with van der Waals surface area (Å²) < 4.78 is 7.54. The quantitative estimate of drug-likeness (QED) is 0.373. The van der Waals surface area contributed by atoms with Crippen molar-refractivity contribution in [2.24, 2.45) is 4.99 Å². The zero-order valence-electron chi connectivity index (χ0n) is 16.1. The number of fused-ring (bicyclic) bond motifs is 1. The summed E-state index contributed by atoms with van der Waals surface area (Å²) in [5, 5.41) is 11.3. The predicted octanol–water partition coefficient (Wildman–Crippen LogP) is 0.877. The van der Waals surface area contributed by atoms with Crippen LogP contribution in [0.25, 0.3) is 0 Å². The van der Waals surface area contributed by atoms with E-state index in [9.17, 15) is 0 Å². The Balaban J connectivity index is 0.00000243. The summed E-state index contributed by atoms with van der Waals surface area (Å²) in [4.78, 5) is 11.5. The van der Waals surface area contributed by atoms with Crippen LogP contribution in [-0.2, 0) is 17.7 Å². The summed E-state index contributed by atoms with van der Waals surface area (Å²) >= 11 is 0. The number of aryl methyl sites for hydroxylation is 1. The SMILES string of the molecule is CCNC(=NCC1(N(C)C)CCOCC1)NC1CCc2ncnn2C1.I. The lowest BCUT2D eigenvalue weighted by atomic mass is 9.89. The maximum Gasteiger partial charge on any atom is 0.191 e. The molecular weight excluding hydrogens is 445 g/mol. The van der Waals surface area contributed by atoms with Crippen LogP contribution in [0.3, 0.4) is 0 Å². The molecule has 9 heteroatoms. The first-order valence-corrected chi connectivity index (χ1v) is 9.30. The van der Waals surface area contributed by atoms with E-state index in [1.54, 1.807) is 6.33 Å². The van der Waals surface area contributed by atoms with Crippen LogP contribution in [0.5, 0.6) is 0 Å². The van der Waals surface area contributed by atoms with E-state index in [0.29, 0.717) is 6.04 Å². The molecule has 1 aromatic rings. The van der Waals surface area contributed by atoms with Crippen molar-refractivity contribution in [2.45, 2.75) is 50.7 Å². The van der Waals surface area contributed by atoms with E-state index in [0.717, 1.165) is 70.3 Å². The monoisotopic (exact) mass is 477 g/mol. The van der Waals surface area contributed by atoms with Crippen molar-refractivity contribution in [1.82, 2.24) is 30.3 Å². The molecule has 8 nitrogen and oxygen atoms in total. The van der Waals surface area contributed by atoms with Crippen LogP contribution in [0.1, 0.15) is 32.0 Å². The molecule has 0 aromatic carbocycles. The number of hydrogen-bond acceptors (Lipinski definition) is 5. The number of halogens is 1. The molecule has 1 saturated heterocycles. The van der Waals surface area contributed by atoms with Gasteiger partial charge in [0.25, 0.3) is 0 Å². The number of aliphatic imine (C=N–C) groups is 1. The number of nitrogens with one attached hydrogen (secondary N) is 2. The zero-order valence-corrected chi connectivity index (χ0v) is 18.4. The third-order valence-electron chi connectivity index (χ3n) is 5.39. The second-order valence-corrected chi connectivity index (χ2v) is 7.16. The third kappa shape index (κ3) is 5.07. The van der Waals surface area contributed by atoms with Crippen molar-refractivity contribution in [1.29, 1.82) is 0 Å². The lowest BCUT2D eigenvalue weighted by Crippen LogP contribution is -2.52. The summed E-state index contributed by atoms with van der Waals surface area (Å²) in [6.45, 7) is 6.20. The van der Waals surface area contributed by atoms with Crippen LogP contribution in [0.4, 0.5) is 0 Å². The van der Waals surface area contributed by atoms with Gasteiger partial charge in [-0.05, 0) is 40.3 Å². The molecule has 0 saturated carbocycles. The molecule has 1 aromatic heterocycles. The van der Waals surface area contributed by atoms with Crippen LogP contribution in [-0.4, -0.2) is 77.6 Å². The van der Waals surface area contributed by atoms with E-state index in [2.05, 4.69) is 46.6 Å². The number of nitrogens with zero attached hydrogens (tertiary/aromatic N) is 5. The van der Waals surface area contributed by atoms with Gasteiger partial charge in [0.2, 0.25) is 0 Å². The highest BCUT2D eigenvalue weighted by molar-refractivity contribution is 14.0. The molecule has 1 fully saturated rings. The fourth-order valence-electron chi connectivity index (χ4n) is 3.59. The normalized spacial score (nSPS) is 22.5. The second-order valence-electron chi connectivity index (χ2n) is 7.16. The van der Waals surface area contributed by atoms with Gasteiger partial charge in [0, 0.05) is 37.8 Å². The van der Waals surface area contributed by atoms with Crippen LogP contribution in [0, 0.1) is 0 Å². The van der Waals surface area contributed by atoms with E-state index in [1.165, 1.54) is 0 Å². The van der Waals surface area contributed by atoms with Gasteiger partial charge in [-0.1, -0.05) is 0 Å². The van der Waals surface area contributed by atoms with Gasteiger partial charge in [-0.2, -0.15) is 5.10 Å². The highest BCUT2D eigenvalue weighted by Gasteiger charge is 2.34. The molecule has 0 spiro atoms. The molecule has 1 atom stereocenters. The molecule has 0 aliphatic carbocycles. The highest BCUT2D eigenvalue weighted by Crippen LogP contribution is 2.26. The maximum absolute atomic E-state index is 5.55. The van der Waals surface area contributed by atoms with Crippen molar-refractivity contribution < 1.29 is 4.74 Å². The smallest absolute Gasteiger partial charge is 0.191 e. The number of aromatic nitrogens is 3. The molecule has 0 bridgehead atoms. The third-order valence-corrected chi connectivity index (χ3v) is 5.39. The molecule has 2 aliphatic heterocycles. The number of rotatable bonds is 5. The molecule has 3 heterocycles. The van der Waals surface area contributed by atoms with Crippen molar-refractivity contribution in [3.63, 3.8) is 0 Å². The second kappa shape index (κ2) is 9.84. The lowest BCUT2D eigenvalue weighted by molar-refractivity contribution is -0.00255. The Labute approximate surface area is 173 Å². The average Bonchev–Trinajstić information content (AvgIpc) is 3.08. The number of guanidine groups is 1. The Morgan fingerprint density at radius 2 is 2.19 bits per heavy atom. The van der Waals surface area contributed by atoms with E-state index in [-0.39, 0.29) is 29.5 Å². The molecule has 148 valence electrons. The van der Waals surface area contributed by atoms with Gasteiger partial charge in [0.15, 0.2) is 5.96 Å². The number of likely N-dealkylation sites (N-methyl/N-ethyl adjacent to an activating group) is 1. The minimum atomic E-state index is 0. The summed E-state index contributed by atoms with van der Waals surface area (Å²) in [5.74, 6) is 1.97. The van der Waals surface area contributed by atoms with Crippen molar-refractivity contribution in [2.75, 3.05) is 40.4 Å². The van der Waals surface area contributed by atoms with Crippen LogP contribution < -0.4 is 10.6 Å². The van der Waals surface area contributed by atoms with E-state index < -0.39 is 0 Å². The van der Waals surface area contributed by atoms with E-state index >= 15 is 0 Å². The summed E-state index contributed by atoms with van der Waals surface area (Å²) in [6.07, 6.45) is 5.69. The Morgan fingerprint density at radius 1 is 1.42 bits per heavy atom. The Hall–Kier alpha value is -0.940. The maximum atomic E-state index is 5.55. The number of ether oxygens (including phenoxy) is 1. The molecule has 2 aliphatic rings. The van der Waals surface area contributed by atoms with Gasteiger partial charge < -0.3 is 20.3 Å². The lowest BCUT2D eigenvalue weighted by Gasteiger charge is -2.41. The summed E-state index contributed by atoms with van der Waals surface area (Å²) in [6, 6.07) is 0.331. The molecule has 1 unspecified atom stereocenters. The predicted molar refractivity (Wildman–Crippen MR) is 113 cm³/mol. The Morgan fingerprint density at radius 3 is 2.88 bits per heavy atom. The molecule has 0 amide bonds. The van der Waals surface area contributed by atoms with Crippen molar-refractivity contribution in [3.05, 3.63) is 12.2 Å². The fourth-order valence-corrected chi connectivity index (χ4v) is 3.59. The molecule has 2 N–H and O–H groups in total. The van der Waals surface area contributed by atoms with Gasteiger partial charge in [-0.15, -0.1) is 24.0 Å². The zero-order chi connectivity index (χ0) is 17.7. The van der Waals surface area contributed by atoms with Gasteiger partial charge in [-0.25, -0.2) is 9.67 Å². The average molecular weight is 477 g/mol. The van der Waals surface area contributed by atoms with Crippen LogP contribution in [0.2, 0.25) is 0 Å². The molecule has 26 heavy (non-hydrogen) atoms. The Kier molecular flexibility index (Phi) is 8.08. The van der Waals surface area contributed by atoms with Gasteiger partial charge in [-0.3, -0.25) is 4.99 Å². The van der Waals surface area contributed by atoms with Crippen molar-refractivity contribution >= 4 is 29.9 Å². The van der Waals surface area contributed by atoms with Crippen LogP contribution in [0.15, 0.2) is 11.3 Å². The Bertz CT molecular complexity index is 583. The minimum Gasteiger partial charge on any atom is -0.381 e. The first-order chi connectivity index (χ1) is 12.1. The molecule has 0 radical (unpaired) electrons. The topological polar surface area (TPSA) is 79.6 Å².